The number of carbonyl (C=O) groups excluding carboxylic acids is 1. The monoisotopic (exact) mass is 472 g/mol. The van der Waals surface area contributed by atoms with Gasteiger partial charge in [0.1, 0.15) is 5.75 Å². The lowest BCUT2D eigenvalue weighted by Gasteiger charge is -2.36. The number of hydrogen-bond donors (Lipinski definition) is 0. The number of ether oxygens (including phenoxy) is 1. The summed E-state index contributed by atoms with van der Waals surface area (Å²) in [7, 11) is 0. The molecule has 1 fully saturated rings. The zero-order valence-electron chi connectivity index (χ0n) is 18.5. The first-order valence-electron chi connectivity index (χ1n) is 11.1. The van der Waals surface area contributed by atoms with Gasteiger partial charge in [0.05, 0.1) is 18.2 Å². The third kappa shape index (κ3) is 4.37. The van der Waals surface area contributed by atoms with Crippen molar-refractivity contribution < 1.29 is 27.2 Å². The summed E-state index contributed by atoms with van der Waals surface area (Å²) in [5.74, 6) is 1.28. The lowest BCUT2D eigenvalue weighted by Crippen LogP contribution is -2.49. The van der Waals surface area contributed by atoms with Gasteiger partial charge in [-0.2, -0.15) is 18.2 Å². The molecule has 0 aliphatic carbocycles. The zero-order valence-corrected chi connectivity index (χ0v) is 18.5. The van der Waals surface area contributed by atoms with Crippen LogP contribution in [0.25, 0.3) is 11.4 Å². The van der Waals surface area contributed by atoms with Crippen molar-refractivity contribution in [2.75, 3.05) is 32.8 Å². The first-order chi connectivity index (χ1) is 16.3. The van der Waals surface area contributed by atoms with Crippen LogP contribution in [-0.2, 0) is 12.6 Å². The number of benzene rings is 2. The van der Waals surface area contributed by atoms with E-state index in [0.29, 0.717) is 44.2 Å². The molecule has 2 aromatic carbocycles. The van der Waals surface area contributed by atoms with Crippen LogP contribution in [0.4, 0.5) is 13.2 Å². The predicted molar refractivity (Wildman–Crippen MR) is 116 cm³/mol. The maximum Gasteiger partial charge on any atom is 0.416 e. The van der Waals surface area contributed by atoms with Crippen molar-refractivity contribution in [3.8, 4) is 17.1 Å². The lowest BCUT2D eigenvalue weighted by molar-refractivity contribution is -0.137. The van der Waals surface area contributed by atoms with Gasteiger partial charge in [-0.15, -0.1) is 0 Å². The van der Waals surface area contributed by atoms with Crippen LogP contribution in [0.3, 0.4) is 0 Å². The molecule has 7 nitrogen and oxygen atoms in total. The Balaban J connectivity index is 1.22. The largest absolute Gasteiger partial charge is 0.493 e. The maximum atomic E-state index is 13.0. The van der Waals surface area contributed by atoms with Gasteiger partial charge in [-0.05, 0) is 42.8 Å². The molecule has 3 heterocycles. The molecule has 3 aromatic rings. The van der Waals surface area contributed by atoms with Crippen molar-refractivity contribution in [3.63, 3.8) is 0 Å². The number of alkyl halides is 3. The number of hydrogen-bond acceptors (Lipinski definition) is 6. The molecule has 178 valence electrons. The van der Waals surface area contributed by atoms with Crippen LogP contribution < -0.4 is 4.74 Å². The molecule has 1 aromatic heterocycles. The van der Waals surface area contributed by atoms with Gasteiger partial charge in [0.25, 0.3) is 5.91 Å². The minimum absolute atomic E-state index is 0.00775. The Hall–Kier alpha value is -3.40. The zero-order chi connectivity index (χ0) is 23.9. The molecular weight excluding hydrogens is 449 g/mol. The van der Waals surface area contributed by atoms with E-state index in [1.807, 2.05) is 24.0 Å². The van der Waals surface area contributed by atoms with E-state index in [1.165, 1.54) is 12.1 Å². The first-order valence-corrected chi connectivity index (χ1v) is 11.1. The van der Waals surface area contributed by atoms with Gasteiger partial charge in [0.2, 0.25) is 11.7 Å². The topological polar surface area (TPSA) is 71.7 Å². The Kier molecular flexibility index (Phi) is 5.76. The van der Waals surface area contributed by atoms with E-state index in [0.717, 1.165) is 29.9 Å². The molecule has 0 bridgehead atoms. The Labute approximate surface area is 194 Å². The van der Waals surface area contributed by atoms with Crippen LogP contribution in [0.2, 0.25) is 0 Å². The fourth-order valence-corrected chi connectivity index (χ4v) is 4.33. The summed E-state index contributed by atoms with van der Waals surface area (Å²) in [5, 5.41) is 3.88. The van der Waals surface area contributed by atoms with Crippen LogP contribution in [-0.4, -0.2) is 58.6 Å². The Morgan fingerprint density at radius 2 is 1.88 bits per heavy atom. The molecule has 0 saturated carbocycles. The molecule has 10 heteroatoms. The van der Waals surface area contributed by atoms with E-state index in [9.17, 15) is 18.0 Å². The number of halogens is 3. The molecule has 0 spiro atoms. The minimum atomic E-state index is -4.44. The van der Waals surface area contributed by atoms with E-state index < -0.39 is 11.7 Å². The number of amides is 1. The molecule has 0 radical (unpaired) electrons. The SMILES string of the molecule is CC(c1nc(-c2cccc(C(F)(F)F)c2)no1)N1CCN(C(=O)c2ccc3c(c2)CCO3)CC1. The average Bonchev–Trinajstić information content (AvgIpc) is 3.52. The third-order valence-electron chi connectivity index (χ3n) is 6.33. The first kappa shape index (κ1) is 22.4. The van der Waals surface area contributed by atoms with Crippen LogP contribution in [0.15, 0.2) is 47.0 Å². The highest BCUT2D eigenvalue weighted by Gasteiger charge is 2.32. The van der Waals surface area contributed by atoms with Gasteiger partial charge in [-0.25, -0.2) is 0 Å². The number of fused-ring (bicyclic) bond motifs is 1. The van der Waals surface area contributed by atoms with Gasteiger partial charge < -0.3 is 14.2 Å². The van der Waals surface area contributed by atoms with Crippen LogP contribution in [0.5, 0.6) is 5.75 Å². The van der Waals surface area contributed by atoms with Crippen molar-refractivity contribution in [3.05, 3.63) is 65.0 Å². The number of nitrogens with zero attached hydrogens (tertiary/aromatic N) is 4. The van der Waals surface area contributed by atoms with Crippen molar-refractivity contribution in [1.29, 1.82) is 0 Å². The van der Waals surface area contributed by atoms with Crippen molar-refractivity contribution in [2.45, 2.75) is 25.6 Å². The molecule has 5 rings (SSSR count). The second-order valence-electron chi connectivity index (χ2n) is 8.46. The average molecular weight is 472 g/mol. The van der Waals surface area contributed by atoms with Gasteiger partial charge in [0, 0.05) is 43.7 Å². The summed E-state index contributed by atoms with van der Waals surface area (Å²) in [6.45, 7) is 4.87. The van der Waals surface area contributed by atoms with Crippen molar-refractivity contribution in [2.24, 2.45) is 0 Å². The third-order valence-corrected chi connectivity index (χ3v) is 6.33. The number of aromatic nitrogens is 2. The second-order valence-corrected chi connectivity index (χ2v) is 8.46. The molecule has 1 amide bonds. The predicted octanol–water partition coefficient (Wildman–Crippen LogP) is 4.21. The summed E-state index contributed by atoms with van der Waals surface area (Å²) in [5.41, 5.74) is 1.20. The van der Waals surface area contributed by atoms with Crippen molar-refractivity contribution >= 4 is 5.91 Å². The summed E-state index contributed by atoms with van der Waals surface area (Å²) in [4.78, 5) is 21.2. The second kappa shape index (κ2) is 8.75. The van der Waals surface area contributed by atoms with E-state index in [-0.39, 0.29) is 23.3 Å². The molecule has 2 aliphatic rings. The highest BCUT2D eigenvalue weighted by Crippen LogP contribution is 2.32. The van der Waals surface area contributed by atoms with Crippen LogP contribution >= 0.6 is 0 Å². The number of carbonyl (C=O) groups is 1. The van der Waals surface area contributed by atoms with E-state index in [4.69, 9.17) is 9.26 Å². The van der Waals surface area contributed by atoms with E-state index in [2.05, 4.69) is 15.0 Å². The molecule has 2 aliphatic heterocycles. The summed E-state index contributed by atoms with van der Waals surface area (Å²) >= 11 is 0. The molecule has 1 unspecified atom stereocenters. The van der Waals surface area contributed by atoms with Gasteiger partial charge in [-0.1, -0.05) is 17.3 Å². The molecular formula is C24H23F3N4O3. The fraction of sp³-hybridized carbons (Fsp3) is 0.375. The smallest absolute Gasteiger partial charge is 0.416 e. The molecule has 1 saturated heterocycles. The van der Waals surface area contributed by atoms with Crippen LogP contribution in [0, 0.1) is 0 Å². The fourth-order valence-electron chi connectivity index (χ4n) is 4.33. The Morgan fingerprint density at radius 3 is 2.65 bits per heavy atom. The van der Waals surface area contributed by atoms with E-state index >= 15 is 0 Å². The van der Waals surface area contributed by atoms with Crippen LogP contribution in [0.1, 0.15) is 40.3 Å². The normalized spacial score (nSPS) is 17.4. The Bertz CT molecular complexity index is 1200. The summed E-state index contributed by atoms with van der Waals surface area (Å²) in [6, 6.07) is 10.2. The number of rotatable bonds is 4. The standard InChI is InChI=1S/C24H23F3N4O3/c1-15(22-28-21(29-34-22)17-3-2-4-19(14-17)24(25,26)27)30-8-10-31(11-9-30)23(32)18-5-6-20-16(13-18)7-12-33-20/h2-6,13-15H,7-12H2,1H3. The highest BCUT2D eigenvalue weighted by molar-refractivity contribution is 5.94. The van der Waals surface area contributed by atoms with Gasteiger partial charge in [-0.3, -0.25) is 9.69 Å². The molecule has 34 heavy (non-hydrogen) atoms. The molecule has 1 atom stereocenters. The highest BCUT2D eigenvalue weighted by atomic mass is 19.4. The quantitative estimate of drug-likeness (QED) is 0.567. The van der Waals surface area contributed by atoms with Gasteiger partial charge in [0.15, 0.2) is 0 Å². The number of piperazine rings is 1. The van der Waals surface area contributed by atoms with E-state index in [1.54, 1.807) is 6.07 Å². The Morgan fingerprint density at radius 1 is 1.09 bits per heavy atom. The minimum Gasteiger partial charge on any atom is -0.493 e. The van der Waals surface area contributed by atoms with Crippen molar-refractivity contribution in [1.82, 2.24) is 19.9 Å². The lowest BCUT2D eigenvalue weighted by atomic mass is 10.1. The van der Waals surface area contributed by atoms with Gasteiger partial charge >= 0.3 is 6.18 Å². The maximum absolute atomic E-state index is 13.0. The molecule has 0 N–H and O–H groups in total. The summed E-state index contributed by atoms with van der Waals surface area (Å²) in [6.07, 6.45) is -3.63. The summed E-state index contributed by atoms with van der Waals surface area (Å²) < 4.78 is 49.9.